The summed E-state index contributed by atoms with van der Waals surface area (Å²) in [6, 6.07) is 10.4. The Balaban J connectivity index is 1.28. The van der Waals surface area contributed by atoms with Gasteiger partial charge in [0, 0.05) is 58.8 Å². The highest BCUT2D eigenvalue weighted by Gasteiger charge is 2.17. The Labute approximate surface area is 201 Å². The number of pyridine rings is 3. The van der Waals surface area contributed by atoms with Gasteiger partial charge < -0.3 is 9.40 Å². The lowest BCUT2D eigenvalue weighted by atomic mass is 10.0. The van der Waals surface area contributed by atoms with Gasteiger partial charge in [0.2, 0.25) is 0 Å². The van der Waals surface area contributed by atoms with Crippen molar-refractivity contribution >= 4 is 22.1 Å². The Morgan fingerprint density at radius 1 is 0.886 bits per heavy atom. The third kappa shape index (κ3) is 3.59. The van der Waals surface area contributed by atoms with Gasteiger partial charge in [0.05, 0.1) is 18.2 Å². The van der Waals surface area contributed by atoms with Gasteiger partial charge in [-0.25, -0.2) is 9.97 Å². The van der Waals surface area contributed by atoms with E-state index in [1.807, 2.05) is 30.7 Å². The minimum Gasteiger partial charge on any atom is -0.472 e. The summed E-state index contributed by atoms with van der Waals surface area (Å²) in [7, 11) is 0. The van der Waals surface area contributed by atoms with Crippen molar-refractivity contribution in [2.45, 2.75) is 19.4 Å². The maximum absolute atomic E-state index is 5.29. The van der Waals surface area contributed by atoms with Gasteiger partial charge in [-0.3, -0.25) is 15.0 Å². The molecular weight excluding hydrogens is 438 g/mol. The molecule has 1 aliphatic heterocycles. The summed E-state index contributed by atoms with van der Waals surface area (Å²) in [5.74, 6) is 0. The van der Waals surface area contributed by atoms with Crippen LogP contribution in [0.2, 0.25) is 0 Å². The molecule has 0 saturated carbocycles. The normalized spacial score (nSPS) is 14.4. The van der Waals surface area contributed by atoms with Crippen molar-refractivity contribution in [3.8, 4) is 33.6 Å². The quantitative estimate of drug-likeness (QED) is 0.356. The standard InChI is InChI=1S/C27H23N7O/c1-2-7-34(6-1)15-17-9-19(13-28-12-17)20-10-23-25(32-33-27(23)30-14-20)24-11-22-21(18-4-8-35-16-18)3-5-29-26(22)31-24/h3-5,8-14,16H,1-2,6-7,15H2,(H,29,31)(H,30,32,33). The van der Waals surface area contributed by atoms with Gasteiger partial charge in [0.15, 0.2) is 5.65 Å². The maximum Gasteiger partial charge on any atom is 0.155 e. The number of likely N-dealkylation sites (tertiary alicyclic amines) is 1. The second-order valence-electron chi connectivity index (χ2n) is 9.07. The van der Waals surface area contributed by atoms with Crippen LogP contribution in [0.1, 0.15) is 18.4 Å². The molecule has 6 aromatic heterocycles. The zero-order valence-corrected chi connectivity index (χ0v) is 19.0. The van der Waals surface area contributed by atoms with Crippen LogP contribution in [-0.4, -0.2) is 48.1 Å². The summed E-state index contributed by atoms with van der Waals surface area (Å²) in [6.07, 6.45) is 13.5. The lowest BCUT2D eigenvalue weighted by Gasteiger charge is -2.14. The minimum absolute atomic E-state index is 0.742. The Morgan fingerprint density at radius 3 is 2.69 bits per heavy atom. The first-order valence-electron chi connectivity index (χ1n) is 11.8. The van der Waals surface area contributed by atoms with Crippen LogP contribution in [0.4, 0.5) is 0 Å². The van der Waals surface area contributed by atoms with E-state index in [0.717, 1.165) is 75.3 Å². The first-order chi connectivity index (χ1) is 17.3. The molecule has 0 unspecified atom stereocenters. The smallest absolute Gasteiger partial charge is 0.155 e. The number of nitrogens with zero attached hydrogens (tertiary/aromatic N) is 5. The van der Waals surface area contributed by atoms with Crippen LogP contribution >= 0.6 is 0 Å². The van der Waals surface area contributed by atoms with E-state index >= 15 is 0 Å². The number of aromatic amines is 2. The molecule has 0 radical (unpaired) electrons. The van der Waals surface area contributed by atoms with Crippen molar-refractivity contribution in [3.05, 3.63) is 73.2 Å². The number of fused-ring (bicyclic) bond motifs is 2. The predicted molar refractivity (Wildman–Crippen MR) is 134 cm³/mol. The fraction of sp³-hybridized carbons (Fsp3) is 0.185. The van der Waals surface area contributed by atoms with Gasteiger partial charge in [0.25, 0.3) is 0 Å². The third-order valence-corrected chi connectivity index (χ3v) is 6.77. The molecule has 0 aromatic carbocycles. The molecule has 8 nitrogen and oxygen atoms in total. The summed E-state index contributed by atoms with van der Waals surface area (Å²) in [6.45, 7) is 3.27. The van der Waals surface area contributed by atoms with E-state index in [0.29, 0.717) is 0 Å². The zero-order chi connectivity index (χ0) is 23.2. The molecule has 8 heteroatoms. The molecule has 0 amide bonds. The Bertz CT molecular complexity index is 1640. The van der Waals surface area contributed by atoms with E-state index in [9.17, 15) is 0 Å². The van der Waals surface area contributed by atoms with Crippen molar-refractivity contribution in [2.75, 3.05) is 13.1 Å². The largest absolute Gasteiger partial charge is 0.472 e. The van der Waals surface area contributed by atoms with Crippen molar-refractivity contribution in [3.63, 3.8) is 0 Å². The molecule has 0 aliphatic carbocycles. The summed E-state index contributed by atoms with van der Waals surface area (Å²) >= 11 is 0. The second-order valence-corrected chi connectivity index (χ2v) is 9.07. The highest BCUT2D eigenvalue weighted by molar-refractivity contribution is 5.99. The third-order valence-electron chi connectivity index (χ3n) is 6.77. The predicted octanol–water partition coefficient (Wildman–Crippen LogP) is 5.42. The SMILES string of the molecule is c1cc(-c2ccoc2)c2cc(-c3n[nH]c4ncc(-c5cncc(CN6CCCC6)c5)cc34)[nH]c2n1. The lowest BCUT2D eigenvalue weighted by molar-refractivity contribution is 0.331. The molecule has 0 atom stereocenters. The number of nitrogens with one attached hydrogen (secondary N) is 2. The van der Waals surface area contributed by atoms with Crippen LogP contribution in [0.25, 0.3) is 55.7 Å². The summed E-state index contributed by atoms with van der Waals surface area (Å²) in [5.41, 5.74) is 8.62. The summed E-state index contributed by atoms with van der Waals surface area (Å²) < 4.78 is 5.29. The second kappa shape index (κ2) is 8.18. The monoisotopic (exact) mass is 461 g/mol. The first kappa shape index (κ1) is 20.1. The van der Waals surface area contributed by atoms with Crippen LogP contribution in [0.3, 0.4) is 0 Å². The molecule has 1 fully saturated rings. The molecule has 1 aliphatic rings. The van der Waals surface area contributed by atoms with Crippen molar-refractivity contribution in [2.24, 2.45) is 0 Å². The highest BCUT2D eigenvalue weighted by atomic mass is 16.3. The number of H-pyrrole nitrogens is 2. The molecule has 172 valence electrons. The number of aromatic nitrogens is 6. The Hall–Kier alpha value is -4.30. The van der Waals surface area contributed by atoms with Crippen molar-refractivity contribution in [1.29, 1.82) is 0 Å². The lowest BCUT2D eigenvalue weighted by Crippen LogP contribution is -2.18. The molecule has 1 saturated heterocycles. The topological polar surface area (TPSA) is 99.5 Å². The highest BCUT2D eigenvalue weighted by Crippen LogP contribution is 2.34. The molecule has 0 bridgehead atoms. The maximum atomic E-state index is 5.29. The van der Waals surface area contributed by atoms with Gasteiger partial charge in [-0.1, -0.05) is 0 Å². The summed E-state index contributed by atoms with van der Waals surface area (Å²) in [5, 5.41) is 9.62. The van der Waals surface area contributed by atoms with Crippen molar-refractivity contribution < 1.29 is 4.42 Å². The first-order valence-corrected chi connectivity index (χ1v) is 11.8. The van der Waals surface area contributed by atoms with E-state index in [4.69, 9.17) is 4.42 Å². The van der Waals surface area contributed by atoms with Gasteiger partial charge in [-0.15, -0.1) is 0 Å². The van der Waals surface area contributed by atoms with E-state index in [2.05, 4.69) is 53.2 Å². The van der Waals surface area contributed by atoms with Crippen LogP contribution in [-0.2, 0) is 6.54 Å². The fourth-order valence-corrected chi connectivity index (χ4v) is 5.02. The van der Waals surface area contributed by atoms with E-state index in [-0.39, 0.29) is 0 Å². The van der Waals surface area contributed by atoms with Crippen LogP contribution in [0.5, 0.6) is 0 Å². The zero-order valence-electron chi connectivity index (χ0n) is 19.0. The fourth-order valence-electron chi connectivity index (χ4n) is 5.02. The molecule has 6 aromatic rings. The van der Waals surface area contributed by atoms with Crippen LogP contribution < -0.4 is 0 Å². The van der Waals surface area contributed by atoms with Crippen molar-refractivity contribution in [1.82, 2.24) is 35.0 Å². The summed E-state index contributed by atoms with van der Waals surface area (Å²) in [4.78, 5) is 19.6. The Kier molecular flexibility index (Phi) is 4.70. The van der Waals surface area contributed by atoms with Gasteiger partial charge in [-0.2, -0.15) is 5.10 Å². The molecular formula is C27H23N7O. The van der Waals surface area contributed by atoms with Gasteiger partial charge in [-0.05, 0) is 67.4 Å². The van der Waals surface area contributed by atoms with Gasteiger partial charge >= 0.3 is 0 Å². The Morgan fingerprint density at radius 2 is 1.80 bits per heavy atom. The average molecular weight is 462 g/mol. The number of hydrogen-bond donors (Lipinski definition) is 2. The molecule has 2 N–H and O–H groups in total. The molecule has 35 heavy (non-hydrogen) atoms. The van der Waals surface area contributed by atoms with E-state index < -0.39 is 0 Å². The van der Waals surface area contributed by atoms with Gasteiger partial charge in [0.1, 0.15) is 11.3 Å². The molecule has 7 rings (SSSR count). The minimum atomic E-state index is 0.742. The number of hydrogen-bond acceptors (Lipinski definition) is 6. The molecule has 7 heterocycles. The number of furan rings is 1. The van der Waals surface area contributed by atoms with E-state index in [1.165, 1.54) is 18.4 Å². The van der Waals surface area contributed by atoms with E-state index in [1.54, 1.807) is 18.7 Å². The molecule has 0 spiro atoms. The van der Waals surface area contributed by atoms with Crippen LogP contribution in [0.15, 0.2) is 72.1 Å². The average Bonchev–Trinajstić information content (AvgIpc) is 3.70. The van der Waals surface area contributed by atoms with Crippen LogP contribution in [0, 0.1) is 0 Å². The number of rotatable bonds is 5.